The number of hydrogen-bond donors (Lipinski definition) is 0. The van der Waals surface area contributed by atoms with Gasteiger partial charge in [-0.25, -0.2) is 4.79 Å². The number of ketones is 1. The lowest BCUT2D eigenvalue weighted by Crippen LogP contribution is -2.11. The van der Waals surface area contributed by atoms with Crippen molar-refractivity contribution in [2.45, 2.75) is 6.92 Å². The maximum atomic E-state index is 12.4. The average Bonchev–Trinajstić information content (AvgIpc) is 2.61. The van der Waals surface area contributed by atoms with Gasteiger partial charge < -0.3 is 18.9 Å². The molecule has 0 fully saturated rings. The third-order valence-corrected chi connectivity index (χ3v) is 3.39. The van der Waals surface area contributed by atoms with Gasteiger partial charge in [-0.1, -0.05) is 0 Å². The lowest BCUT2D eigenvalue weighted by atomic mass is 10.1. The molecule has 126 valence electrons. The fourth-order valence-electron chi connectivity index (χ4n) is 2.12. The van der Waals surface area contributed by atoms with E-state index in [-0.39, 0.29) is 22.7 Å². The molecule has 0 atom stereocenters. The Hall–Kier alpha value is -3.02. The van der Waals surface area contributed by atoms with Crippen molar-refractivity contribution in [2.75, 3.05) is 21.3 Å². The van der Waals surface area contributed by atoms with E-state index in [1.54, 1.807) is 18.2 Å². The minimum atomic E-state index is -0.608. The Bertz CT molecular complexity index is 766. The Balaban J connectivity index is 2.31. The van der Waals surface area contributed by atoms with E-state index in [9.17, 15) is 9.59 Å². The highest BCUT2D eigenvalue weighted by Crippen LogP contribution is 2.29. The first kappa shape index (κ1) is 17.3. The second kappa shape index (κ2) is 7.50. The Morgan fingerprint density at radius 2 is 1.46 bits per heavy atom. The van der Waals surface area contributed by atoms with Crippen LogP contribution in [0.3, 0.4) is 0 Å². The van der Waals surface area contributed by atoms with E-state index >= 15 is 0 Å². The molecular weight excluding hydrogens is 312 g/mol. The van der Waals surface area contributed by atoms with Crippen LogP contribution in [0.5, 0.6) is 23.0 Å². The summed E-state index contributed by atoms with van der Waals surface area (Å²) >= 11 is 0. The molecule has 0 N–H and O–H groups in total. The molecule has 0 bridgehead atoms. The average molecular weight is 330 g/mol. The lowest BCUT2D eigenvalue weighted by molar-refractivity contribution is 0.0732. The van der Waals surface area contributed by atoms with Gasteiger partial charge >= 0.3 is 5.97 Å². The zero-order valence-electron chi connectivity index (χ0n) is 13.9. The fraction of sp³-hybridized carbons (Fsp3) is 0.222. The molecule has 0 saturated carbocycles. The molecule has 0 spiro atoms. The molecule has 2 rings (SSSR count). The molecule has 0 aromatic heterocycles. The van der Waals surface area contributed by atoms with E-state index in [0.29, 0.717) is 17.2 Å². The van der Waals surface area contributed by atoms with Crippen molar-refractivity contribution in [2.24, 2.45) is 0 Å². The minimum absolute atomic E-state index is 0.170. The van der Waals surface area contributed by atoms with Crippen LogP contribution in [0.1, 0.15) is 27.6 Å². The number of rotatable bonds is 6. The van der Waals surface area contributed by atoms with Crippen molar-refractivity contribution in [3.05, 3.63) is 47.5 Å². The first-order chi connectivity index (χ1) is 11.5. The summed E-state index contributed by atoms with van der Waals surface area (Å²) in [5.74, 6) is 0.748. The Morgan fingerprint density at radius 1 is 0.792 bits per heavy atom. The molecule has 24 heavy (non-hydrogen) atoms. The fourth-order valence-corrected chi connectivity index (χ4v) is 2.12. The molecule has 0 aliphatic carbocycles. The molecule has 6 nitrogen and oxygen atoms in total. The number of esters is 1. The molecule has 2 aromatic carbocycles. The number of benzene rings is 2. The highest BCUT2D eigenvalue weighted by molar-refractivity contribution is 5.99. The van der Waals surface area contributed by atoms with Crippen molar-refractivity contribution in [1.82, 2.24) is 0 Å². The Labute approximate surface area is 139 Å². The van der Waals surface area contributed by atoms with Gasteiger partial charge in [0.05, 0.1) is 32.5 Å². The van der Waals surface area contributed by atoms with E-state index in [2.05, 4.69) is 0 Å². The molecule has 0 aliphatic heterocycles. The van der Waals surface area contributed by atoms with Crippen LogP contribution in [-0.4, -0.2) is 33.1 Å². The van der Waals surface area contributed by atoms with Gasteiger partial charge in [-0.15, -0.1) is 0 Å². The molecule has 0 radical (unpaired) electrons. The molecule has 0 aliphatic rings. The Kier molecular flexibility index (Phi) is 5.42. The maximum absolute atomic E-state index is 12.4. The third kappa shape index (κ3) is 3.65. The van der Waals surface area contributed by atoms with Crippen LogP contribution >= 0.6 is 0 Å². The van der Waals surface area contributed by atoms with E-state index in [1.807, 2.05) is 0 Å². The van der Waals surface area contributed by atoms with Crippen LogP contribution < -0.4 is 18.9 Å². The van der Waals surface area contributed by atoms with Crippen molar-refractivity contribution >= 4 is 11.8 Å². The highest BCUT2D eigenvalue weighted by Gasteiger charge is 2.17. The van der Waals surface area contributed by atoms with Crippen molar-refractivity contribution in [1.29, 1.82) is 0 Å². The van der Waals surface area contributed by atoms with Gasteiger partial charge in [-0.05, 0) is 43.3 Å². The van der Waals surface area contributed by atoms with Crippen LogP contribution in [0.25, 0.3) is 0 Å². The van der Waals surface area contributed by atoms with Gasteiger partial charge in [0.25, 0.3) is 0 Å². The summed E-state index contributed by atoms with van der Waals surface area (Å²) in [6.07, 6.45) is 0. The van der Waals surface area contributed by atoms with E-state index < -0.39 is 5.97 Å². The normalized spacial score (nSPS) is 10.0. The van der Waals surface area contributed by atoms with Crippen LogP contribution in [0.4, 0.5) is 0 Å². The summed E-state index contributed by atoms with van der Waals surface area (Å²) in [4.78, 5) is 24.1. The number of Topliss-reactive ketones (excluding diaryl/α,β-unsaturated/α-hetero) is 1. The second-order valence-corrected chi connectivity index (χ2v) is 4.88. The molecule has 6 heteroatoms. The van der Waals surface area contributed by atoms with Crippen LogP contribution in [0.2, 0.25) is 0 Å². The summed E-state index contributed by atoms with van der Waals surface area (Å²) in [7, 11) is 4.48. The molecule has 0 saturated heterocycles. The zero-order chi connectivity index (χ0) is 17.7. The summed E-state index contributed by atoms with van der Waals surface area (Å²) in [6.45, 7) is 1.39. The molecule has 0 heterocycles. The van der Waals surface area contributed by atoms with Gasteiger partial charge in [0, 0.05) is 0 Å². The standard InChI is InChI=1S/C18H18O6/c1-11(19)14-10-13(21-2)6-8-15(14)24-18(20)12-5-7-16(22-3)17(9-12)23-4/h5-10H,1-4H3. The molecule has 2 aromatic rings. The third-order valence-electron chi connectivity index (χ3n) is 3.39. The SMILES string of the molecule is COc1ccc(OC(=O)c2ccc(OC)c(OC)c2)c(C(C)=O)c1. The number of carbonyl (C=O) groups excluding carboxylic acids is 2. The number of carbonyl (C=O) groups is 2. The monoisotopic (exact) mass is 330 g/mol. The maximum Gasteiger partial charge on any atom is 0.343 e. The minimum Gasteiger partial charge on any atom is -0.497 e. The van der Waals surface area contributed by atoms with Crippen molar-refractivity contribution < 1.29 is 28.5 Å². The predicted molar refractivity (Wildman–Crippen MR) is 87.5 cm³/mol. The van der Waals surface area contributed by atoms with Gasteiger partial charge in [0.15, 0.2) is 17.3 Å². The highest BCUT2D eigenvalue weighted by atomic mass is 16.5. The van der Waals surface area contributed by atoms with Crippen LogP contribution in [0.15, 0.2) is 36.4 Å². The molecule has 0 unspecified atom stereocenters. The van der Waals surface area contributed by atoms with Gasteiger partial charge in [-0.2, -0.15) is 0 Å². The number of hydrogen-bond acceptors (Lipinski definition) is 6. The van der Waals surface area contributed by atoms with Crippen molar-refractivity contribution in [3.63, 3.8) is 0 Å². The van der Waals surface area contributed by atoms with Gasteiger partial charge in [-0.3, -0.25) is 4.79 Å². The topological polar surface area (TPSA) is 71.1 Å². The second-order valence-electron chi connectivity index (χ2n) is 4.88. The van der Waals surface area contributed by atoms with Gasteiger partial charge in [0.2, 0.25) is 0 Å². The number of ether oxygens (including phenoxy) is 4. The Morgan fingerprint density at radius 3 is 2.04 bits per heavy atom. The smallest absolute Gasteiger partial charge is 0.343 e. The summed E-state index contributed by atoms with van der Waals surface area (Å²) in [6, 6.07) is 9.34. The summed E-state index contributed by atoms with van der Waals surface area (Å²) < 4.78 is 20.7. The lowest BCUT2D eigenvalue weighted by Gasteiger charge is -2.11. The van der Waals surface area contributed by atoms with Crippen LogP contribution in [-0.2, 0) is 0 Å². The van der Waals surface area contributed by atoms with Crippen molar-refractivity contribution in [3.8, 4) is 23.0 Å². The van der Waals surface area contributed by atoms with Gasteiger partial charge in [0.1, 0.15) is 11.5 Å². The summed E-state index contributed by atoms with van der Waals surface area (Å²) in [5.41, 5.74) is 0.543. The molecular formula is C18H18O6. The first-order valence-electron chi connectivity index (χ1n) is 7.13. The number of methoxy groups -OCH3 is 3. The first-order valence-corrected chi connectivity index (χ1v) is 7.13. The largest absolute Gasteiger partial charge is 0.497 e. The predicted octanol–water partition coefficient (Wildman–Crippen LogP) is 3.13. The molecule has 0 amide bonds. The van der Waals surface area contributed by atoms with E-state index in [1.165, 1.54) is 46.5 Å². The van der Waals surface area contributed by atoms with Crippen LogP contribution in [0, 0.1) is 0 Å². The van der Waals surface area contributed by atoms with E-state index in [4.69, 9.17) is 18.9 Å². The summed E-state index contributed by atoms with van der Waals surface area (Å²) in [5, 5.41) is 0. The zero-order valence-corrected chi connectivity index (χ0v) is 13.9. The van der Waals surface area contributed by atoms with E-state index in [0.717, 1.165) is 0 Å². The quantitative estimate of drug-likeness (QED) is 0.460.